The summed E-state index contributed by atoms with van der Waals surface area (Å²) >= 11 is 0. The van der Waals surface area contributed by atoms with Crippen molar-refractivity contribution in [3.63, 3.8) is 0 Å². The molecule has 2 fully saturated rings. The molecule has 5 aromatic carbocycles. The van der Waals surface area contributed by atoms with Crippen molar-refractivity contribution in [2.24, 2.45) is 0 Å². The van der Waals surface area contributed by atoms with E-state index < -0.39 is 32.3 Å². The van der Waals surface area contributed by atoms with Gasteiger partial charge in [0.2, 0.25) is 5.91 Å². The molecule has 0 spiro atoms. The van der Waals surface area contributed by atoms with Crippen LogP contribution in [0.3, 0.4) is 0 Å². The van der Waals surface area contributed by atoms with Crippen molar-refractivity contribution in [2.45, 2.75) is 56.1 Å². The molecule has 64 heavy (non-hydrogen) atoms. The molecule has 2 aliphatic heterocycles. The van der Waals surface area contributed by atoms with Gasteiger partial charge in [0.15, 0.2) is 0 Å². The highest BCUT2D eigenvalue weighted by atomic mass is 28.3. The minimum absolute atomic E-state index is 0.190. The second-order valence-electron chi connectivity index (χ2n) is 17.3. The number of rotatable bonds is 10. The van der Waals surface area contributed by atoms with Crippen LogP contribution in [0, 0.1) is 0 Å². The van der Waals surface area contributed by atoms with Crippen molar-refractivity contribution in [3.8, 4) is 22.4 Å². The predicted octanol–water partition coefficient (Wildman–Crippen LogP) is 8.76. The number of amides is 4. The van der Waals surface area contributed by atoms with Gasteiger partial charge in [0, 0.05) is 18.1 Å². The van der Waals surface area contributed by atoms with Crippen LogP contribution in [0.2, 0.25) is 19.1 Å². The Morgan fingerprint density at radius 1 is 0.703 bits per heavy atom. The number of hydrogen-bond acceptors (Lipinski definition) is 8. The van der Waals surface area contributed by atoms with Crippen LogP contribution >= 0.6 is 0 Å². The molecule has 4 atom stereocenters. The summed E-state index contributed by atoms with van der Waals surface area (Å²) in [4.78, 5) is 73.6. The number of carbonyl (C=O) groups is 4. The first kappa shape index (κ1) is 42.1. The number of methoxy groups -OCH3 is 2. The standard InChI is InChI=1S/C49H50N8O6Si/c1-62-48(60)54-41(32-12-7-5-8-13-32)46(58)56-25-11-16-39(56)44-50-27-38(52-44)31-19-17-30(18-20-31)34-21-23-36-35(26-34)22-24-37-43(36)53-45(51-37)40-28-64(3,4)29-57(40)47(59)42(55-49(61)63-2)33-14-9-6-10-15-33/h5-10,12-15,17-24,26-27,39-42H,11,16,25,28-29H2,1-4H3,(H,50,52)(H,51,53)(H,54,60)(H,55,61)/t39-,40-,41+,42+/m0/s1. The predicted molar refractivity (Wildman–Crippen MR) is 246 cm³/mol. The number of aromatic amines is 2. The lowest BCUT2D eigenvalue weighted by Crippen LogP contribution is -2.44. The van der Waals surface area contributed by atoms with E-state index in [9.17, 15) is 19.2 Å². The minimum Gasteiger partial charge on any atom is -0.453 e. The number of nitrogens with zero attached hydrogens (tertiary/aromatic N) is 4. The van der Waals surface area contributed by atoms with Gasteiger partial charge in [0.25, 0.3) is 5.91 Å². The normalized spacial score (nSPS) is 17.9. The molecule has 15 heteroatoms. The smallest absolute Gasteiger partial charge is 0.407 e. The van der Waals surface area contributed by atoms with Crippen LogP contribution in [0.1, 0.15) is 59.8 Å². The second kappa shape index (κ2) is 17.5. The van der Waals surface area contributed by atoms with Crippen molar-refractivity contribution in [3.05, 3.63) is 144 Å². The fraction of sp³-hybridized carbons (Fsp3) is 0.265. The van der Waals surface area contributed by atoms with E-state index in [1.165, 1.54) is 14.2 Å². The number of ether oxygens (including phenoxy) is 2. The van der Waals surface area contributed by atoms with Gasteiger partial charge in [-0.1, -0.05) is 116 Å². The lowest BCUT2D eigenvalue weighted by atomic mass is 9.99. The molecule has 2 saturated heterocycles. The lowest BCUT2D eigenvalue weighted by molar-refractivity contribution is -0.135. The molecule has 4 heterocycles. The van der Waals surface area contributed by atoms with Gasteiger partial charge < -0.3 is 39.9 Å². The van der Waals surface area contributed by atoms with Gasteiger partial charge in [-0.25, -0.2) is 19.6 Å². The quantitative estimate of drug-likeness (QED) is 0.0987. The third-order valence-electron chi connectivity index (χ3n) is 12.4. The summed E-state index contributed by atoms with van der Waals surface area (Å²) in [7, 11) is 0.728. The second-order valence-corrected chi connectivity index (χ2v) is 22.3. The van der Waals surface area contributed by atoms with Crippen molar-refractivity contribution >= 4 is 53.9 Å². The highest BCUT2D eigenvalue weighted by Gasteiger charge is 2.46. The Bertz CT molecular complexity index is 2850. The third kappa shape index (κ3) is 8.33. The van der Waals surface area contributed by atoms with Crippen LogP contribution < -0.4 is 10.6 Å². The van der Waals surface area contributed by atoms with Gasteiger partial charge in [0.1, 0.15) is 23.7 Å². The fourth-order valence-electron chi connectivity index (χ4n) is 9.27. The first-order valence-electron chi connectivity index (χ1n) is 21.5. The molecule has 4 amide bonds. The van der Waals surface area contributed by atoms with Crippen molar-refractivity contribution in [1.82, 2.24) is 40.4 Å². The summed E-state index contributed by atoms with van der Waals surface area (Å²) in [5.41, 5.74) is 7.01. The zero-order chi connectivity index (χ0) is 44.5. The van der Waals surface area contributed by atoms with Gasteiger partial charge >= 0.3 is 12.2 Å². The molecule has 7 aromatic rings. The van der Waals surface area contributed by atoms with E-state index >= 15 is 0 Å². The Balaban J connectivity index is 0.931. The largest absolute Gasteiger partial charge is 0.453 e. The van der Waals surface area contributed by atoms with Crippen LogP contribution in [-0.4, -0.2) is 88.7 Å². The number of fused-ring (bicyclic) bond motifs is 3. The Kier molecular flexibility index (Phi) is 11.5. The van der Waals surface area contributed by atoms with E-state index in [1.54, 1.807) is 11.1 Å². The summed E-state index contributed by atoms with van der Waals surface area (Å²) in [6.07, 6.45) is 2.66. The molecule has 0 radical (unpaired) electrons. The maximum absolute atomic E-state index is 14.4. The lowest BCUT2D eigenvalue weighted by Gasteiger charge is -2.29. The topological polar surface area (TPSA) is 175 Å². The number of nitrogens with one attached hydrogen (secondary N) is 4. The van der Waals surface area contributed by atoms with E-state index in [0.717, 1.165) is 68.9 Å². The number of hydrogen-bond donors (Lipinski definition) is 4. The molecular formula is C49H50N8O6Si. The molecule has 14 nitrogen and oxygen atoms in total. The van der Waals surface area contributed by atoms with E-state index in [2.05, 4.69) is 82.2 Å². The molecule has 0 bridgehead atoms. The van der Waals surface area contributed by atoms with E-state index in [4.69, 9.17) is 19.4 Å². The summed E-state index contributed by atoms with van der Waals surface area (Å²) in [5.74, 6) is 1.03. The van der Waals surface area contributed by atoms with Gasteiger partial charge in [-0.15, -0.1) is 0 Å². The van der Waals surface area contributed by atoms with Gasteiger partial charge in [-0.05, 0) is 64.2 Å². The zero-order valence-electron chi connectivity index (χ0n) is 36.1. The third-order valence-corrected chi connectivity index (χ3v) is 15.1. The minimum atomic E-state index is -1.85. The Morgan fingerprint density at radius 3 is 1.95 bits per heavy atom. The maximum Gasteiger partial charge on any atom is 0.407 e. The fourth-order valence-corrected chi connectivity index (χ4v) is 12.2. The summed E-state index contributed by atoms with van der Waals surface area (Å²) in [6.45, 7) is 5.11. The highest BCUT2D eigenvalue weighted by molar-refractivity contribution is 6.78. The van der Waals surface area contributed by atoms with Crippen LogP contribution in [0.25, 0.3) is 44.2 Å². The molecule has 9 rings (SSSR count). The van der Waals surface area contributed by atoms with Crippen LogP contribution in [-0.2, 0) is 19.1 Å². The molecule has 0 saturated carbocycles. The molecule has 2 aromatic heterocycles. The van der Waals surface area contributed by atoms with Crippen LogP contribution in [0.15, 0.2) is 121 Å². The number of aromatic nitrogens is 4. The first-order valence-corrected chi connectivity index (χ1v) is 24.9. The number of H-pyrrole nitrogens is 2. The number of carbonyl (C=O) groups excluding carboxylic acids is 4. The number of imidazole rings is 2. The average Bonchev–Trinajstić information content (AvgIpc) is 4.16. The molecule has 326 valence electrons. The van der Waals surface area contributed by atoms with Crippen molar-refractivity contribution in [2.75, 3.05) is 26.9 Å². The van der Waals surface area contributed by atoms with Gasteiger partial charge in [-0.2, -0.15) is 0 Å². The zero-order valence-corrected chi connectivity index (χ0v) is 37.1. The number of alkyl carbamates (subject to hydrolysis) is 2. The average molecular weight is 875 g/mol. The van der Waals surface area contributed by atoms with Gasteiger partial charge in [-0.3, -0.25) is 9.59 Å². The highest BCUT2D eigenvalue weighted by Crippen LogP contribution is 2.40. The molecular weight excluding hydrogens is 825 g/mol. The molecule has 0 unspecified atom stereocenters. The SMILES string of the molecule is COC(=O)N[C@@H](C(=O)N1CCC[C@H]1c1ncc(-c2ccc(-c3ccc4c(ccc5nc([C@@H]6C[Si](C)(C)CN6C(=O)[C@H](NC(=O)OC)c6ccccc6)[nH]c54)c3)cc2)[nH]1)c1ccccc1. The molecule has 2 aliphatic rings. The van der Waals surface area contributed by atoms with Gasteiger partial charge in [0.05, 0.1) is 57.3 Å². The Labute approximate surface area is 371 Å². The van der Waals surface area contributed by atoms with Crippen LogP contribution in [0.5, 0.6) is 0 Å². The Hall–Kier alpha value is -7.26. The number of likely N-dealkylation sites (tertiary alicyclic amines) is 1. The van der Waals surface area contributed by atoms with Crippen molar-refractivity contribution < 1.29 is 28.7 Å². The van der Waals surface area contributed by atoms with E-state index in [1.807, 2.05) is 71.6 Å². The summed E-state index contributed by atoms with van der Waals surface area (Å²) in [5, 5.41) is 7.57. The first-order chi connectivity index (χ1) is 31.0. The van der Waals surface area contributed by atoms with Crippen LogP contribution in [0.4, 0.5) is 9.59 Å². The summed E-state index contributed by atoms with van der Waals surface area (Å²) < 4.78 is 9.75. The maximum atomic E-state index is 14.4. The van der Waals surface area contributed by atoms with E-state index in [-0.39, 0.29) is 23.9 Å². The molecule has 0 aliphatic carbocycles. The number of benzene rings is 5. The summed E-state index contributed by atoms with van der Waals surface area (Å²) in [6, 6.07) is 35.8. The Morgan fingerprint density at radius 2 is 1.31 bits per heavy atom. The monoisotopic (exact) mass is 874 g/mol. The van der Waals surface area contributed by atoms with Crippen molar-refractivity contribution in [1.29, 1.82) is 0 Å². The molecule has 4 N–H and O–H groups in total. The van der Waals surface area contributed by atoms with E-state index in [0.29, 0.717) is 29.7 Å².